The largest absolute Gasteiger partial charge is 0.384 e. The molecule has 19 heavy (non-hydrogen) atoms. The minimum Gasteiger partial charge on any atom is -0.384 e. The van der Waals surface area contributed by atoms with Crippen LogP contribution in [0.2, 0.25) is 0 Å². The van der Waals surface area contributed by atoms with Crippen LogP contribution in [-0.2, 0) is 0 Å². The van der Waals surface area contributed by atoms with Crippen LogP contribution in [0.15, 0.2) is 39.3 Å². The molecule has 2 rings (SSSR count). The summed E-state index contributed by atoms with van der Waals surface area (Å²) in [5, 5.41) is 10.6. The topological polar surface area (TPSA) is 20.2 Å². The average Bonchev–Trinajstić information content (AvgIpc) is 2.36. The molecule has 0 saturated carbocycles. The molecule has 0 spiro atoms. The Morgan fingerprint density at radius 1 is 0.842 bits per heavy atom. The van der Waals surface area contributed by atoms with Crippen molar-refractivity contribution in [1.29, 1.82) is 0 Å². The second-order valence-corrected chi connectivity index (χ2v) is 6.58. The molecular formula is C16H16Br2O. The molecule has 2 aromatic carbocycles. The fourth-order valence-corrected chi connectivity index (χ4v) is 2.78. The fraction of sp³-hybridized carbons (Fsp3) is 0.250. The van der Waals surface area contributed by atoms with Gasteiger partial charge in [0.15, 0.2) is 0 Å². The van der Waals surface area contributed by atoms with Gasteiger partial charge in [-0.2, -0.15) is 0 Å². The highest BCUT2D eigenvalue weighted by Gasteiger charge is 2.15. The summed E-state index contributed by atoms with van der Waals surface area (Å²) in [7, 11) is 0. The van der Waals surface area contributed by atoms with Crippen molar-refractivity contribution < 1.29 is 5.11 Å². The summed E-state index contributed by atoms with van der Waals surface area (Å²) in [6.07, 6.45) is -0.594. The lowest BCUT2D eigenvalue weighted by Gasteiger charge is -2.17. The maximum Gasteiger partial charge on any atom is 0.104 e. The molecule has 2 aromatic rings. The molecule has 0 aromatic heterocycles. The third kappa shape index (κ3) is 3.10. The maximum atomic E-state index is 10.6. The first-order valence-electron chi connectivity index (χ1n) is 6.11. The predicted molar refractivity (Wildman–Crippen MR) is 86.6 cm³/mol. The minimum absolute atomic E-state index is 0.594. The quantitative estimate of drug-likeness (QED) is 0.753. The van der Waals surface area contributed by atoms with Crippen LogP contribution < -0.4 is 0 Å². The van der Waals surface area contributed by atoms with Crippen molar-refractivity contribution in [3.63, 3.8) is 0 Å². The van der Waals surface area contributed by atoms with Crippen LogP contribution in [0.1, 0.15) is 33.9 Å². The monoisotopic (exact) mass is 382 g/mol. The van der Waals surface area contributed by atoms with Crippen LogP contribution in [-0.4, -0.2) is 5.11 Å². The van der Waals surface area contributed by atoms with E-state index in [2.05, 4.69) is 57.8 Å². The van der Waals surface area contributed by atoms with E-state index in [0.717, 1.165) is 25.6 Å². The molecule has 0 aliphatic carbocycles. The lowest BCUT2D eigenvalue weighted by molar-refractivity contribution is 0.219. The summed E-state index contributed by atoms with van der Waals surface area (Å²) in [4.78, 5) is 0. The number of aliphatic hydroxyl groups excluding tert-OH is 1. The van der Waals surface area contributed by atoms with Crippen LogP contribution in [0.5, 0.6) is 0 Å². The molecule has 0 amide bonds. The molecule has 0 aliphatic rings. The molecule has 0 saturated heterocycles. The molecule has 1 atom stereocenters. The zero-order chi connectivity index (χ0) is 14.2. The first-order chi connectivity index (χ1) is 8.90. The number of benzene rings is 2. The van der Waals surface area contributed by atoms with E-state index in [1.807, 2.05) is 25.1 Å². The van der Waals surface area contributed by atoms with E-state index in [-0.39, 0.29) is 0 Å². The van der Waals surface area contributed by atoms with Gasteiger partial charge in [-0.3, -0.25) is 0 Å². The molecule has 0 radical (unpaired) electrons. The molecule has 1 nitrogen and oxygen atoms in total. The Balaban J connectivity index is 2.46. The Hall–Kier alpha value is -0.640. The van der Waals surface area contributed by atoms with Crippen molar-refractivity contribution in [2.75, 3.05) is 0 Å². The average molecular weight is 384 g/mol. The first-order valence-corrected chi connectivity index (χ1v) is 7.69. The van der Waals surface area contributed by atoms with E-state index >= 15 is 0 Å². The second kappa shape index (κ2) is 5.78. The van der Waals surface area contributed by atoms with Crippen molar-refractivity contribution >= 4 is 31.9 Å². The van der Waals surface area contributed by atoms with Gasteiger partial charge in [-0.15, -0.1) is 0 Å². The van der Waals surface area contributed by atoms with Gasteiger partial charge in [0, 0.05) is 8.95 Å². The number of aliphatic hydroxyl groups is 1. The lowest BCUT2D eigenvalue weighted by atomic mass is 9.94. The SMILES string of the molecule is Cc1cc(C)c(C(O)c2ccc(Br)c(Br)c2)cc1C. The Morgan fingerprint density at radius 2 is 1.47 bits per heavy atom. The minimum atomic E-state index is -0.594. The summed E-state index contributed by atoms with van der Waals surface area (Å²) in [5.74, 6) is 0. The molecule has 0 heterocycles. The maximum absolute atomic E-state index is 10.6. The molecule has 0 bridgehead atoms. The van der Waals surface area contributed by atoms with Crippen molar-refractivity contribution in [1.82, 2.24) is 0 Å². The van der Waals surface area contributed by atoms with Gasteiger partial charge in [0.2, 0.25) is 0 Å². The molecule has 0 aliphatic heterocycles. The summed E-state index contributed by atoms with van der Waals surface area (Å²) in [6, 6.07) is 10.0. The number of halogens is 2. The van der Waals surface area contributed by atoms with Gasteiger partial charge in [-0.1, -0.05) is 18.2 Å². The zero-order valence-corrected chi connectivity index (χ0v) is 14.3. The van der Waals surface area contributed by atoms with Crippen molar-refractivity contribution in [3.8, 4) is 0 Å². The van der Waals surface area contributed by atoms with E-state index in [1.54, 1.807) is 0 Å². The molecule has 3 heteroatoms. The van der Waals surface area contributed by atoms with Crippen molar-refractivity contribution in [2.24, 2.45) is 0 Å². The summed E-state index contributed by atoms with van der Waals surface area (Å²) in [6.45, 7) is 6.20. The summed E-state index contributed by atoms with van der Waals surface area (Å²) < 4.78 is 1.94. The molecule has 0 fully saturated rings. The zero-order valence-electron chi connectivity index (χ0n) is 11.2. The van der Waals surface area contributed by atoms with Gasteiger partial charge in [0.1, 0.15) is 6.10 Å². The Morgan fingerprint density at radius 3 is 2.11 bits per heavy atom. The Kier molecular flexibility index (Phi) is 4.49. The highest BCUT2D eigenvalue weighted by atomic mass is 79.9. The second-order valence-electron chi connectivity index (χ2n) is 4.87. The predicted octanol–water partition coefficient (Wildman–Crippen LogP) is 5.22. The third-order valence-electron chi connectivity index (χ3n) is 3.44. The van der Waals surface area contributed by atoms with E-state index in [4.69, 9.17) is 0 Å². The van der Waals surface area contributed by atoms with Crippen LogP contribution >= 0.6 is 31.9 Å². The molecular weight excluding hydrogens is 368 g/mol. The molecule has 1 N–H and O–H groups in total. The number of hydrogen-bond donors (Lipinski definition) is 1. The van der Waals surface area contributed by atoms with E-state index in [1.165, 1.54) is 11.1 Å². The van der Waals surface area contributed by atoms with Gasteiger partial charge in [-0.25, -0.2) is 0 Å². The van der Waals surface area contributed by atoms with Gasteiger partial charge in [-0.05, 0) is 92.6 Å². The van der Waals surface area contributed by atoms with Crippen LogP contribution in [0.25, 0.3) is 0 Å². The summed E-state index contributed by atoms with van der Waals surface area (Å²) >= 11 is 6.92. The first kappa shape index (κ1) is 14.8. The van der Waals surface area contributed by atoms with Crippen LogP contribution in [0.4, 0.5) is 0 Å². The normalized spacial score (nSPS) is 12.5. The number of aryl methyl sites for hydroxylation is 3. The smallest absolute Gasteiger partial charge is 0.104 e. The Bertz CT molecular complexity index is 620. The number of rotatable bonds is 2. The van der Waals surface area contributed by atoms with Gasteiger partial charge in [0.05, 0.1) is 0 Å². The van der Waals surface area contributed by atoms with Crippen LogP contribution in [0.3, 0.4) is 0 Å². The van der Waals surface area contributed by atoms with E-state index < -0.39 is 6.10 Å². The highest BCUT2D eigenvalue weighted by Crippen LogP contribution is 2.31. The van der Waals surface area contributed by atoms with Gasteiger partial charge >= 0.3 is 0 Å². The van der Waals surface area contributed by atoms with E-state index in [9.17, 15) is 5.11 Å². The van der Waals surface area contributed by atoms with Gasteiger partial charge in [0.25, 0.3) is 0 Å². The van der Waals surface area contributed by atoms with Crippen molar-refractivity contribution in [2.45, 2.75) is 26.9 Å². The molecule has 1 unspecified atom stereocenters. The summed E-state index contributed by atoms with van der Waals surface area (Å²) in [5.41, 5.74) is 5.44. The standard InChI is InChI=1S/C16H16Br2O/c1-9-6-11(3)13(7-10(9)2)16(19)12-4-5-14(17)15(18)8-12/h4-8,16,19H,1-3H3. The van der Waals surface area contributed by atoms with Crippen molar-refractivity contribution in [3.05, 3.63) is 67.1 Å². The van der Waals surface area contributed by atoms with Crippen LogP contribution in [0, 0.1) is 20.8 Å². The number of hydrogen-bond acceptors (Lipinski definition) is 1. The third-order valence-corrected chi connectivity index (χ3v) is 5.32. The fourth-order valence-electron chi connectivity index (χ4n) is 2.14. The highest BCUT2D eigenvalue weighted by molar-refractivity contribution is 9.13. The lowest BCUT2D eigenvalue weighted by Crippen LogP contribution is -2.03. The molecule has 100 valence electrons. The van der Waals surface area contributed by atoms with Gasteiger partial charge < -0.3 is 5.11 Å². The van der Waals surface area contributed by atoms with E-state index in [0.29, 0.717) is 0 Å². The Labute approximate surface area is 130 Å².